The Labute approximate surface area is 122 Å². The Morgan fingerprint density at radius 3 is 1.95 bits per heavy atom. The minimum atomic E-state index is -0.665. The molecule has 0 aliphatic heterocycles. The summed E-state index contributed by atoms with van der Waals surface area (Å²) in [6, 6.07) is 0. The molecule has 1 atom stereocenters. The van der Waals surface area contributed by atoms with Crippen LogP contribution in [-0.4, -0.2) is 17.4 Å². The van der Waals surface area contributed by atoms with Crippen molar-refractivity contribution in [1.29, 1.82) is 0 Å². The topological polar surface area (TPSA) is 72.2 Å². The van der Waals surface area contributed by atoms with Gasteiger partial charge < -0.3 is 11.1 Å². The quantitative estimate of drug-likeness (QED) is 0.832. The van der Waals surface area contributed by atoms with Gasteiger partial charge in [0, 0.05) is 5.54 Å². The van der Waals surface area contributed by atoms with E-state index in [2.05, 4.69) is 5.32 Å². The predicted octanol–water partition coefficient (Wildman–Crippen LogP) is 2.61. The minimum Gasteiger partial charge on any atom is -0.369 e. The molecular formula is C16H30N2O2. The average Bonchev–Trinajstić information content (AvgIpc) is 2.26. The third-order valence-corrected chi connectivity index (χ3v) is 4.28. The van der Waals surface area contributed by atoms with Gasteiger partial charge >= 0.3 is 0 Å². The fraction of sp³-hybridized carbons (Fsp3) is 0.875. The summed E-state index contributed by atoms with van der Waals surface area (Å²) in [4.78, 5) is 24.8. The second-order valence-electron chi connectivity index (χ2n) is 7.54. The highest BCUT2D eigenvalue weighted by molar-refractivity contribution is 5.90. The molecule has 1 aliphatic carbocycles. The Morgan fingerprint density at radius 2 is 1.60 bits per heavy atom. The van der Waals surface area contributed by atoms with Crippen molar-refractivity contribution in [2.24, 2.45) is 23.0 Å². The molecule has 1 aliphatic rings. The van der Waals surface area contributed by atoms with Crippen molar-refractivity contribution >= 4 is 11.8 Å². The first-order valence-corrected chi connectivity index (χ1v) is 7.72. The molecule has 3 N–H and O–H groups in total. The summed E-state index contributed by atoms with van der Waals surface area (Å²) < 4.78 is 0. The lowest BCUT2D eigenvalue weighted by molar-refractivity contribution is -0.146. The summed E-state index contributed by atoms with van der Waals surface area (Å²) >= 11 is 0. The zero-order valence-electron chi connectivity index (χ0n) is 13.6. The molecule has 0 heterocycles. The third-order valence-electron chi connectivity index (χ3n) is 4.28. The van der Waals surface area contributed by atoms with E-state index in [4.69, 9.17) is 5.73 Å². The number of rotatable bonds is 4. The van der Waals surface area contributed by atoms with E-state index in [1.165, 1.54) is 0 Å². The molecule has 1 fully saturated rings. The SMILES string of the molecule is CC(C)C(C(=O)NC(C)(C)C)C1(C(N)=O)CCCCC1. The third kappa shape index (κ3) is 3.74. The number of carbonyl (C=O) groups excluding carboxylic acids is 2. The second-order valence-corrected chi connectivity index (χ2v) is 7.54. The summed E-state index contributed by atoms with van der Waals surface area (Å²) in [7, 11) is 0. The lowest BCUT2D eigenvalue weighted by atomic mass is 9.61. The van der Waals surface area contributed by atoms with E-state index in [1.54, 1.807) is 0 Å². The van der Waals surface area contributed by atoms with Gasteiger partial charge in [-0.05, 0) is 39.5 Å². The molecule has 0 radical (unpaired) electrons. The number of nitrogens with one attached hydrogen (secondary N) is 1. The highest BCUT2D eigenvalue weighted by Gasteiger charge is 2.49. The number of primary amides is 1. The van der Waals surface area contributed by atoms with Gasteiger partial charge in [-0.25, -0.2) is 0 Å². The highest BCUT2D eigenvalue weighted by atomic mass is 16.2. The molecule has 0 aromatic carbocycles. The van der Waals surface area contributed by atoms with Crippen LogP contribution in [-0.2, 0) is 9.59 Å². The van der Waals surface area contributed by atoms with Gasteiger partial charge in [0.15, 0.2) is 0 Å². The molecule has 0 spiro atoms. The maximum Gasteiger partial charge on any atom is 0.224 e. The molecule has 1 unspecified atom stereocenters. The van der Waals surface area contributed by atoms with Crippen LogP contribution in [0.2, 0.25) is 0 Å². The highest BCUT2D eigenvalue weighted by Crippen LogP contribution is 2.45. The summed E-state index contributed by atoms with van der Waals surface area (Å²) in [5.74, 6) is -0.573. The Bertz CT molecular complexity index is 363. The minimum absolute atomic E-state index is 0.0341. The smallest absolute Gasteiger partial charge is 0.224 e. The monoisotopic (exact) mass is 282 g/mol. The molecule has 0 bridgehead atoms. The number of hydrogen-bond acceptors (Lipinski definition) is 2. The first kappa shape index (κ1) is 17.0. The zero-order valence-corrected chi connectivity index (χ0v) is 13.6. The largest absolute Gasteiger partial charge is 0.369 e. The molecular weight excluding hydrogens is 252 g/mol. The van der Waals surface area contributed by atoms with Crippen LogP contribution < -0.4 is 11.1 Å². The van der Waals surface area contributed by atoms with Gasteiger partial charge in [-0.2, -0.15) is 0 Å². The molecule has 0 aromatic rings. The molecule has 1 rings (SSSR count). The summed E-state index contributed by atoms with van der Waals surface area (Å²) in [6.45, 7) is 9.89. The van der Waals surface area contributed by atoms with Gasteiger partial charge in [-0.15, -0.1) is 0 Å². The molecule has 2 amide bonds. The Kier molecular flexibility index (Phi) is 5.22. The van der Waals surface area contributed by atoms with E-state index in [-0.39, 0.29) is 29.2 Å². The van der Waals surface area contributed by atoms with Crippen LogP contribution in [0, 0.1) is 17.3 Å². The molecule has 0 saturated heterocycles. The molecule has 20 heavy (non-hydrogen) atoms. The Hall–Kier alpha value is -1.06. The van der Waals surface area contributed by atoms with Crippen LogP contribution in [0.1, 0.15) is 66.7 Å². The van der Waals surface area contributed by atoms with Crippen molar-refractivity contribution < 1.29 is 9.59 Å². The van der Waals surface area contributed by atoms with Gasteiger partial charge in [0.2, 0.25) is 11.8 Å². The van der Waals surface area contributed by atoms with Gasteiger partial charge in [0.25, 0.3) is 0 Å². The fourth-order valence-electron chi connectivity index (χ4n) is 3.53. The molecule has 4 nitrogen and oxygen atoms in total. The maximum absolute atomic E-state index is 12.7. The molecule has 4 heteroatoms. The number of amides is 2. The predicted molar refractivity (Wildman–Crippen MR) is 80.9 cm³/mol. The summed E-state index contributed by atoms with van der Waals surface area (Å²) in [6.07, 6.45) is 4.57. The van der Waals surface area contributed by atoms with E-state index in [9.17, 15) is 9.59 Å². The van der Waals surface area contributed by atoms with Crippen molar-refractivity contribution in [2.45, 2.75) is 72.3 Å². The molecule has 116 valence electrons. The van der Waals surface area contributed by atoms with Gasteiger partial charge in [-0.3, -0.25) is 9.59 Å². The lowest BCUT2D eigenvalue weighted by Gasteiger charge is -2.43. The zero-order chi connectivity index (χ0) is 15.6. The molecule has 1 saturated carbocycles. The summed E-state index contributed by atoms with van der Waals surface area (Å²) in [5, 5.41) is 3.03. The van der Waals surface area contributed by atoms with Crippen LogP contribution in [0.3, 0.4) is 0 Å². The average molecular weight is 282 g/mol. The summed E-state index contributed by atoms with van der Waals surface area (Å²) in [5.41, 5.74) is 4.76. The van der Waals surface area contributed by atoms with Crippen molar-refractivity contribution in [3.8, 4) is 0 Å². The van der Waals surface area contributed by atoms with Crippen LogP contribution in [0.4, 0.5) is 0 Å². The van der Waals surface area contributed by atoms with Crippen molar-refractivity contribution in [2.75, 3.05) is 0 Å². The maximum atomic E-state index is 12.7. The van der Waals surface area contributed by atoms with Crippen molar-refractivity contribution in [1.82, 2.24) is 5.32 Å². The van der Waals surface area contributed by atoms with Crippen LogP contribution in [0.25, 0.3) is 0 Å². The van der Waals surface area contributed by atoms with Gasteiger partial charge in [-0.1, -0.05) is 33.1 Å². The lowest BCUT2D eigenvalue weighted by Crippen LogP contribution is -2.55. The first-order chi connectivity index (χ1) is 9.10. The van der Waals surface area contributed by atoms with E-state index >= 15 is 0 Å². The van der Waals surface area contributed by atoms with Crippen molar-refractivity contribution in [3.05, 3.63) is 0 Å². The van der Waals surface area contributed by atoms with E-state index in [1.807, 2.05) is 34.6 Å². The van der Waals surface area contributed by atoms with Gasteiger partial charge in [0.05, 0.1) is 11.3 Å². The second kappa shape index (κ2) is 6.15. The van der Waals surface area contributed by atoms with Crippen molar-refractivity contribution in [3.63, 3.8) is 0 Å². The first-order valence-electron chi connectivity index (χ1n) is 7.72. The Balaban J connectivity index is 3.09. The van der Waals surface area contributed by atoms with Crippen LogP contribution >= 0.6 is 0 Å². The standard InChI is InChI=1S/C16H30N2O2/c1-11(2)12(13(19)18-15(3,4)5)16(14(17)20)9-7-6-8-10-16/h11-12H,6-10H2,1-5H3,(H2,17,20)(H,18,19). The number of nitrogens with two attached hydrogens (primary N) is 1. The molecule has 0 aromatic heterocycles. The van der Waals surface area contributed by atoms with E-state index < -0.39 is 5.41 Å². The number of hydrogen-bond donors (Lipinski definition) is 2. The fourth-order valence-corrected chi connectivity index (χ4v) is 3.53. The number of carbonyl (C=O) groups is 2. The normalized spacial score (nSPS) is 20.5. The van der Waals surface area contributed by atoms with Gasteiger partial charge in [0.1, 0.15) is 0 Å². The van der Waals surface area contributed by atoms with E-state index in [0.29, 0.717) is 0 Å². The van der Waals surface area contributed by atoms with Crippen LogP contribution in [0.15, 0.2) is 0 Å². The van der Waals surface area contributed by atoms with E-state index in [0.717, 1.165) is 32.1 Å². The van der Waals surface area contributed by atoms with Crippen LogP contribution in [0.5, 0.6) is 0 Å². The Morgan fingerprint density at radius 1 is 1.10 bits per heavy atom.